The summed E-state index contributed by atoms with van der Waals surface area (Å²) in [6, 6.07) is 0. The number of carbonyl (C=O) groups is 1. The summed E-state index contributed by atoms with van der Waals surface area (Å²) in [6.45, 7) is 6.78. The molecule has 1 atom stereocenters. The summed E-state index contributed by atoms with van der Waals surface area (Å²) >= 11 is 0. The summed E-state index contributed by atoms with van der Waals surface area (Å²) in [5.74, 6) is 0.413. The molecular formula is C10H19O2. The van der Waals surface area contributed by atoms with Crippen LogP contribution in [0.15, 0.2) is 0 Å². The van der Waals surface area contributed by atoms with Crippen molar-refractivity contribution in [2.45, 2.75) is 40.0 Å². The Bertz CT molecular complexity index is 121. The first-order valence-corrected chi connectivity index (χ1v) is 4.70. The van der Waals surface area contributed by atoms with Gasteiger partial charge < -0.3 is 4.74 Å². The average Bonchev–Trinajstić information content (AvgIpc) is 2.10. The number of hydrogen-bond donors (Lipinski definition) is 0. The van der Waals surface area contributed by atoms with Crippen molar-refractivity contribution < 1.29 is 9.53 Å². The van der Waals surface area contributed by atoms with Crippen LogP contribution >= 0.6 is 0 Å². The average molecular weight is 171 g/mol. The molecule has 71 valence electrons. The molecule has 2 nitrogen and oxygen atoms in total. The van der Waals surface area contributed by atoms with Gasteiger partial charge in [0.2, 0.25) is 0 Å². The lowest BCUT2D eigenvalue weighted by atomic mass is 10.0. The highest BCUT2D eigenvalue weighted by Crippen LogP contribution is 2.08. The number of esters is 1. The van der Waals surface area contributed by atoms with Gasteiger partial charge in [-0.05, 0) is 18.8 Å². The first-order chi connectivity index (χ1) is 5.70. The molecule has 0 spiro atoms. The molecule has 0 saturated carbocycles. The Morgan fingerprint density at radius 2 is 2.17 bits per heavy atom. The molecule has 2 heteroatoms. The highest BCUT2D eigenvalue weighted by molar-refractivity contribution is 5.78. The topological polar surface area (TPSA) is 26.3 Å². The molecule has 0 rings (SSSR count). The highest BCUT2D eigenvalue weighted by Gasteiger charge is 2.05. The van der Waals surface area contributed by atoms with Gasteiger partial charge in [-0.1, -0.05) is 27.2 Å². The summed E-state index contributed by atoms with van der Waals surface area (Å²) < 4.78 is 4.89. The monoisotopic (exact) mass is 171 g/mol. The maximum absolute atomic E-state index is 10.9. The molecule has 1 unspecified atom stereocenters. The summed E-state index contributed by atoms with van der Waals surface area (Å²) in [5.41, 5.74) is 0. The number of ether oxygens (including phenoxy) is 1. The molecular weight excluding hydrogens is 152 g/mol. The van der Waals surface area contributed by atoms with Gasteiger partial charge in [0, 0.05) is 0 Å². The molecule has 0 aliphatic carbocycles. The van der Waals surface area contributed by atoms with Gasteiger partial charge in [0.1, 0.15) is 0 Å². The Balaban J connectivity index is 3.31. The molecule has 0 amide bonds. The Morgan fingerprint density at radius 1 is 1.50 bits per heavy atom. The zero-order valence-corrected chi connectivity index (χ0v) is 8.30. The van der Waals surface area contributed by atoms with Gasteiger partial charge in [-0.2, -0.15) is 0 Å². The van der Waals surface area contributed by atoms with E-state index in [2.05, 4.69) is 13.8 Å². The van der Waals surface area contributed by atoms with Crippen LogP contribution in [0, 0.1) is 12.3 Å². The molecule has 0 aromatic rings. The van der Waals surface area contributed by atoms with Crippen molar-refractivity contribution in [3.8, 4) is 0 Å². The summed E-state index contributed by atoms with van der Waals surface area (Å²) in [5, 5.41) is 0. The van der Waals surface area contributed by atoms with Crippen molar-refractivity contribution in [2.24, 2.45) is 5.92 Å². The van der Waals surface area contributed by atoms with Crippen molar-refractivity contribution >= 4 is 5.97 Å². The van der Waals surface area contributed by atoms with Gasteiger partial charge in [0.05, 0.1) is 13.0 Å². The third-order valence-corrected chi connectivity index (χ3v) is 1.83. The zero-order chi connectivity index (χ0) is 9.40. The highest BCUT2D eigenvalue weighted by atomic mass is 16.5. The minimum Gasteiger partial charge on any atom is -0.465 e. The molecule has 0 aromatic carbocycles. The van der Waals surface area contributed by atoms with Crippen molar-refractivity contribution in [3.05, 3.63) is 6.42 Å². The summed E-state index contributed by atoms with van der Waals surface area (Å²) in [7, 11) is 0. The second-order valence-corrected chi connectivity index (χ2v) is 3.12. The lowest BCUT2D eigenvalue weighted by molar-refractivity contribution is -0.139. The third kappa shape index (κ3) is 6.20. The van der Waals surface area contributed by atoms with Crippen LogP contribution in [0.5, 0.6) is 0 Å². The van der Waals surface area contributed by atoms with Crippen LogP contribution in [0.1, 0.15) is 40.0 Å². The lowest BCUT2D eigenvalue weighted by Crippen LogP contribution is -2.07. The predicted molar refractivity (Wildman–Crippen MR) is 49.6 cm³/mol. The van der Waals surface area contributed by atoms with Crippen LogP contribution in [0.4, 0.5) is 0 Å². The van der Waals surface area contributed by atoms with Gasteiger partial charge in [-0.15, -0.1) is 0 Å². The molecule has 0 fully saturated rings. The van der Waals surface area contributed by atoms with Gasteiger partial charge >= 0.3 is 5.97 Å². The summed E-state index contributed by atoms with van der Waals surface area (Å²) in [4.78, 5) is 10.9. The fraction of sp³-hybridized carbons (Fsp3) is 0.800. The van der Waals surface area contributed by atoms with Crippen molar-refractivity contribution in [1.29, 1.82) is 0 Å². The summed E-state index contributed by atoms with van der Waals surface area (Å²) in [6.07, 6.45) is 4.48. The van der Waals surface area contributed by atoms with E-state index in [1.54, 1.807) is 6.42 Å². The normalized spacial score (nSPS) is 12.6. The number of rotatable bonds is 6. The Kier molecular flexibility index (Phi) is 6.82. The van der Waals surface area contributed by atoms with E-state index in [9.17, 15) is 4.79 Å². The quantitative estimate of drug-likeness (QED) is 0.574. The van der Waals surface area contributed by atoms with Gasteiger partial charge in [0.15, 0.2) is 0 Å². The second kappa shape index (κ2) is 7.14. The molecule has 0 aliphatic heterocycles. The maximum atomic E-state index is 10.9. The van der Waals surface area contributed by atoms with Crippen molar-refractivity contribution in [3.63, 3.8) is 0 Å². The standard InChI is InChI=1S/C10H19O2/c1-4-8-12-10(11)7-6-9(3)5-2/h7,9H,4-6,8H2,1-3H3. The van der Waals surface area contributed by atoms with Gasteiger partial charge in [-0.3, -0.25) is 4.79 Å². The van der Waals surface area contributed by atoms with Crippen LogP contribution in [0.2, 0.25) is 0 Å². The zero-order valence-electron chi connectivity index (χ0n) is 8.30. The first kappa shape index (κ1) is 11.5. The molecule has 0 heterocycles. The van der Waals surface area contributed by atoms with E-state index in [0.717, 1.165) is 19.3 Å². The van der Waals surface area contributed by atoms with Crippen molar-refractivity contribution in [2.75, 3.05) is 6.61 Å². The molecule has 0 bridgehead atoms. The van der Waals surface area contributed by atoms with Crippen LogP contribution < -0.4 is 0 Å². The van der Waals surface area contributed by atoms with E-state index in [0.29, 0.717) is 12.5 Å². The fourth-order valence-electron chi connectivity index (χ4n) is 0.726. The second-order valence-electron chi connectivity index (χ2n) is 3.12. The van der Waals surface area contributed by atoms with E-state index in [1.807, 2.05) is 6.92 Å². The SMILES string of the molecule is CCCOC(=O)[CH]CC(C)CC. The minimum atomic E-state index is -0.169. The van der Waals surface area contributed by atoms with Gasteiger partial charge in [-0.25, -0.2) is 0 Å². The first-order valence-electron chi connectivity index (χ1n) is 4.70. The van der Waals surface area contributed by atoms with Crippen LogP contribution in [0.25, 0.3) is 0 Å². The van der Waals surface area contributed by atoms with E-state index in [4.69, 9.17) is 4.74 Å². The fourth-order valence-corrected chi connectivity index (χ4v) is 0.726. The van der Waals surface area contributed by atoms with E-state index >= 15 is 0 Å². The van der Waals surface area contributed by atoms with Gasteiger partial charge in [0.25, 0.3) is 0 Å². The number of carbonyl (C=O) groups excluding carboxylic acids is 1. The van der Waals surface area contributed by atoms with E-state index in [-0.39, 0.29) is 5.97 Å². The predicted octanol–water partition coefficient (Wildman–Crippen LogP) is 2.58. The minimum absolute atomic E-state index is 0.169. The number of hydrogen-bond acceptors (Lipinski definition) is 2. The Labute approximate surface area is 75.3 Å². The van der Waals surface area contributed by atoms with Crippen molar-refractivity contribution in [1.82, 2.24) is 0 Å². The molecule has 12 heavy (non-hydrogen) atoms. The largest absolute Gasteiger partial charge is 0.465 e. The third-order valence-electron chi connectivity index (χ3n) is 1.83. The molecule has 0 aliphatic rings. The van der Waals surface area contributed by atoms with E-state index in [1.165, 1.54) is 0 Å². The Hall–Kier alpha value is -0.530. The molecule has 0 N–H and O–H groups in total. The van der Waals surface area contributed by atoms with Crippen LogP contribution in [-0.4, -0.2) is 12.6 Å². The maximum Gasteiger partial charge on any atom is 0.309 e. The van der Waals surface area contributed by atoms with E-state index < -0.39 is 0 Å². The lowest BCUT2D eigenvalue weighted by Gasteiger charge is -2.06. The van der Waals surface area contributed by atoms with Crippen LogP contribution in [0.3, 0.4) is 0 Å². The Morgan fingerprint density at radius 3 is 2.67 bits per heavy atom. The molecule has 1 radical (unpaired) electrons. The smallest absolute Gasteiger partial charge is 0.309 e. The molecule has 0 saturated heterocycles. The molecule has 0 aromatic heterocycles. The van der Waals surface area contributed by atoms with Crippen LogP contribution in [-0.2, 0) is 9.53 Å².